The summed E-state index contributed by atoms with van der Waals surface area (Å²) >= 11 is 0. The second-order valence-corrected chi connectivity index (χ2v) is 10.5. The summed E-state index contributed by atoms with van der Waals surface area (Å²) < 4.78 is 6.24. The lowest BCUT2D eigenvalue weighted by atomic mass is 9.87. The van der Waals surface area contributed by atoms with Crippen molar-refractivity contribution in [1.29, 1.82) is 0 Å². The molecular weight excluding hydrogens is 460 g/mol. The molecule has 2 atom stereocenters. The molecule has 5 heteroatoms. The summed E-state index contributed by atoms with van der Waals surface area (Å²) in [6.07, 6.45) is 1.23. The maximum Gasteiger partial charge on any atom is 0.265 e. The molecule has 0 aliphatic carbocycles. The monoisotopic (exact) mass is 498 g/mol. The molecule has 2 unspecified atom stereocenters. The third kappa shape index (κ3) is 6.40. The maximum atomic E-state index is 13.3. The number of rotatable bonds is 8. The predicted octanol–water partition coefficient (Wildman–Crippen LogP) is 6.62. The molecule has 0 bridgehead atoms. The topological polar surface area (TPSA) is 58.6 Å². The second-order valence-electron chi connectivity index (χ2n) is 10.5. The number of anilines is 1. The van der Waals surface area contributed by atoms with E-state index in [0.29, 0.717) is 31.1 Å². The highest BCUT2D eigenvalue weighted by molar-refractivity contribution is 5.94. The summed E-state index contributed by atoms with van der Waals surface area (Å²) in [5.41, 5.74) is 6.44. The van der Waals surface area contributed by atoms with Gasteiger partial charge >= 0.3 is 0 Å². The maximum absolute atomic E-state index is 13.3. The minimum absolute atomic E-state index is 0.168. The van der Waals surface area contributed by atoms with E-state index in [4.69, 9.17) is 4.74 Å². The third-order valence-electron chi connectivity index (χ3n) is 6.90. The van der Waals surface area contributed by atoms with Gasteiger partial charge in [0, 0.05) is 18.7 Å². The Balaban J connectivity index is 1.62. The molecule has 0 fully saturated rings. The molecule has 1 aliphatic rings. The highest BCUT2D eigenvalue weighted by Gasteiger charge is 2.33. The Morgan fingerprint density at radius 1 is 0.973 bits per heavy atom. The number of hydrogen-bond acceptors (Lipinski definition) is 3. The standard InChI is InChI=1S/C32H38N2O3/c1-6-29(32(36)33-26-14-9-23(5)10-15-26)37-27-16-13-24-17-18-34(30(35)19-21(2)3)31(28(24)20-27)25-11-7-22(4)8-12-25/h7-16,20-21,29,31H,6,17-19H2,1-5H3,(H,33,36). The molecular formula is C32H38N2O3. The van der Waals surface area contributed by atoms with Crippen molar-refractivity contribution in [2.75, 3.05) is 11.9 Å². The molecule has 1 heterocycles. The van der Waals surface area contributed by atoms with Gasteiger partial charge in [-0.2, -0.15) is 0 Å². The van der Waals surface area contributed by atoms with E-state index in [2.05, 4.69) is 56.4 Å². The molecule has 37 heavy (non-hydrogen) atoms. The number of aryl methyl sites for hydroxylation is 2. The minimum atomic E-state index is -0.626. The first-order chi connectivity index (χ1) is 17.7. The molecule has 0 saturated heterocycles. The lowest BCUT2D eigenvalue weighted by molar-refractivity contribution is -0.134. The van der Waals surface area contributed by atoms with Crippen LogP contribution in [0.4, 0.5) is 5.69 Å². The predicted molar refractivity (Wildman–Crippen MR) is 149 cm³/mol. The van der Waals surface area contributed by atoms with Crippen LogP contribution in [0.2, 0.25) is 0 Å². The van der Waals surface area contributed by atoms with Gasteiger partial charge < -0.3 is 15.0 Å². The number of fused-ring (bicyclic) bond motifs is 1. The van der Waals surface area contributed by atoms with E-state index in [1.165, 1.54) is 11.1 Å². The largest absolute Gasteiger partial charge is 0.481 e. The quantitative estimate of drug-likeness (QED) is 0.380. The second kappa shape index (κ2) is 11.6. The number of carbonyl (C=O) groups excluding carboxylic acids is 2. The van der Waals surface area contributed by atoms with Crippen molar-refractivity contribution >= 4 is 17.5 Å². The average Bonchev–Trinajstić information content (AvgIpc) is 2.88. The van der Waals surface area contributed by atoms with E-state index in [9.17, 15) is 9.59 Å². The number of amides is 2. The number of benzene rings is 3. The fourth-order valence-corrected chi connectivity index (χ4v) is 4.86. The summed E-state index contributed by atoms with van der Waals surface area (Å²) in [6, 6.07) is 22.0. The normalized spacial score (nSPS) is 15.7. The van der Waals surface area contributed by atoms with Crippen LogP contribution < -0.4 is 10.1 Å². The van der Waals surface area contributed by atoms with Crippen molar-refractivity contribution in [3.63, 3.8) is 0 Å². The van der Waals surface area contributed by atoms with Gasteiger partial charge in [-0.05, 0) is 73.6 Å². The molecule has 5 nitrogen and oxygen atoms in total. The first kappa shape index (κ1) is 26.5. The van der Waals surface area contributed by atoms with Crippen molar-refractivity contribution in [2.24, 2.45) is 5.92 Å². The van der Waals surface area contributed by atoms with Crippen LogP contribution in [0.1, 0.15) is 67.5 Å². The summed E-state index contributed by atoms with van der Waals surface area (Å²) in [5, 5.41) is 2.97. The van der Waals surface area contributed by atoms with Gasteiger partial charge in [-0.1, -0.05) is 74.4 Å². The molecule has 0 radical (unpaired) electrons. The fraction of sp³-hybridized carbons (Fsp3) is 0.375. The van der Waals surface area contributed by atoms with Crippen LogP contribution in [0.5, 0.6) is 5.75 Å². The molecule has 3 aromatic rings. The highest BCUT2D eigenvalue weighted by Crippen LogP contribution is 2.38. The van der Waals surface area contributed by atoms with Crippen molar-refractivity contribution < 1.29 is 14.3 Å². The first-order valence-corrected chi connectivity index (χ1v) is 13.3. The lowest BCUT2D eigenvalue weighted by Crippen LogP contribution is -2.41. The van der Waals surface area contributed by atoms with Crippen LogP contribution in [0.3, 0.4) is 0 Å². The summed E-state index contributed by atoms with van der Waals surface area (Å²) in [4.78, 5) is 28.3. The summed E-state index contributed by atoms with van der Waals surface area (Å²) in [6.45, 7) is 10.9. The molecule has 4 rings (SSSR count). The fourth-order valence-electron chi connectivity index (χ4n) is 4.86. The summed E-state index contributed by atoms with van der Waals surface area (Å²) in [5.74, 6) is 0.925. The van der Waals surface area contributed by atoms with Gasteiger partial charge in [0.2, 0.25) is 5.91 Å². The molecule has 3 aromatic carbocycles. The van der Waals surface area contributed by atoms with Crippen LogP contribution in [0, 0.1) is 19.8 Å². The zero-order valence-electron chi connectivity index (χ0n) is 22.6. The average molecular weight is 499 g/mol. The Morgan fingerprint density at radius 3 is 2.24 bits per heavy atom. The lowest BCUT2D eigenvalue weighted by Gasteiger charge is -2.38. The van der Waals surface area contributed by atoms with Gasteiger partial charge in [-0.25, -0.2) is 0 Å². The number of ether oxygens (including phenoxy) is 1. The van der Waals surface area contributed by atoms with Crippen LogP contribution in [0.15, 0.2) is 66.7 Å². The molecule has 2 amide bonds. The number of nitrogens with zero attached hydrogens (tertiary/aromatic N) is 1. The molecule has 0 aromatic heterocycles. The smallest absolute Gasteiger partial charge is 0.265 e. The van der Waals surface area contributed by atoms with Crippen LogP contribution >= 0.6 is 0 Å². The van der Waals surface area contributed by atoms with Gasteiger partial charge in [0.05, 0.1) is 6.04 Å². The minimum Gasteiger partial charge on any atom is -0.481 e. The third-order valence-corrected chi connectivity index (χ3v) is 6.90. The van der Waals surface area contributed by atoms with E-state index in [1.807, 2.05) is 55.1 Å². The molecule has 194 valence electrons. The van der Waals surface area contributed by atoms with Gasteiger partial charge in [0.25, 0.3) is 5.91 Å². The van der Waals surface area contributed by atoms with E-state index in [0.717, 1.165) is 28.8 Å². The van der Waals surface area contributed by atoms with E-state index in [1.54, 1.807) is 0 Å². The van der Waals surface area contributed by atoms with E-state index < -0.39 is 6.10 Å². The van der Waals surface area contributed by atoms with Gasteiger partial charge in [0.1, 0.15) is 5.75 Å². The summed E-state index contributed by atoms with van der Waals surface area (Å²) in [7, 11) is 0. The van der Waals surface area contributed by atoms with E-state index >= 15 is 0 Å². The molecule has 0 saturated carbocycles. The molecule has 1 N–H and O–H groups in total. The Hall–Kier alpha value is -3.60. The Morgan fingerprint density at radius 2 is 1.62 bits per heavy atom. The molecule has 0 spiro atoms. The number of hydrogen-bond donors (Lipinski definition) is 1. The van der Waals surface area contributed by atoms with Gasteiger partial charge in [-0.15, -0.1) is 0 Å². The molecule has 1 aliphatic heterocycles. The van der Waals surface area contributed by atoms with Crippen LogP contribution in [-0.4, -0.2) is 29.4 Å². The van der Waals surface area contributed by atoms with Gasteiger partial charge in [0.15, 0.2) is 6.10 Å². The first-order valence-electron chi connectivity index (χ1n) is 13.3. The number of nitrogens with one attached hydrogen (secondary N) is 1. The van der Waals surface area contributed by atoms with Crippen molar-refractivity contribution in [2.45, 2.75) is 66.0 Å². The van der Waals surface area contributed by atoms with Crippen LogP contribution in [-0.2, 0) is 16.0 Å². The van der Waals surface area contributed by atoms with E-state index in [-0.39, 0.29) is 17.9 Å². The van der Waals surface area contributed by atoms with Crippen molar-refractivity contribution in [3.05, 3.63) is 94.5 Å². The van der Waals surface area contributed by atoms with Crippen molar-refractivity contribution in [3.8, 4) is 5.75 Å². The Bertz CT molecular complexity index is 1230. The Labute approximate surface area is 220 Å². The number of carbonyl (C=O) groups is 2. The highest BCUT2D eigenvalue weighted by atomic mass is 16.5. The zero-order valence-corrected chi connectivity index (χ0v) is 22.6. The van der Waals surface area contributed by atoms with Crippen LogP contribution in [0.25, 0.3) is 0 Å². The SMILES string of the molecule is CCC(Oc1ccc2c(c1)C(c1ccc(C)cc1)N(C(=O)CC(C)C)CC2)C(=O)Nc1ccc(C)cc1. The van der Waals surface area contributed by atoms with Crippen molar-refractivity contribution in [1.82, 2.24) is 4.90 Å². The Kier molecular flexibility index (Phi) is 8.32. The van der Waals surface area contributed by atoms with Gasteiger partial charge in [-0.3, -0.25) is 9.59 Å². The zero-order chi connectivity index (χ0) is 26.5.